The van der Waals surface area contributed by atoms with Gasteiger partial charge >= 0.3 is 0 Å². The topological polar surface area (TPSA) is 26.3 Å². The molecule has 1 saturated heterocycles. The van der Waals surface area contributed by atoms with Crippen molar-refractivity contribution in [2.75, 3.05) is 6.61 Å². The van der Waals surface area contributed by atoms with Crippen LogP contribution in [-0.2, 0) is 9.53 Å². The van der Waals surface area contributed by atoms with E-state index in [1.54, 1.807) is 6.08 Å². The van der Waals surface area contributed by atoms with Crippen molar-refractivity contribution in [1.29, 1.82) is 0 Å². The lowest BCUT2D eigenvalue weighted by Crippen LogP contribution is -2.27. The van der Waals surface area contributed by atoms with E-state index < -0.39 is 0 Å². The van der Waals surface area contributed by atoms with Crippen molar-refractivity contribution in [3.8, 4) is 0 Å². The van der Waals surface area contributed by atoms with Crippen LogP contribution in [0.15, 0.2) is 34.1 Å². The molecular weight excluding hydrogens is 224 g/mol. The fraction of sp³-hybridized carbons (Fsp3) is 0.562. The summed E-state index contributed by atoms with van der Waals surface area (Å²) < 4.78 is 6.01. The van der Waals surface area contributed by atoms with Crippen LogP contribution in [0, 0.1) is 5.41 Å². The number of rotatable bonds is 0. The van der Waals surface area contributed by atoms with Crippen LogP contribution in [0.25, 0.3) is 0 Å². The molecule has 2 heteroatoms. The molecular formula is C16H20O2. The Balaban J connectivity index is 2.21. The predicted octanol–water partition coefficient (Wildman–Crippen LogP) is 3.70. The standard InChI is InChI=1S/C16H20O2/c1-10-8-12(17)9-16(3)11(2)13-6-4-5-7-18-15(13)14(10)16/h8H,4-7,9H2,1-3H3. The molecule has 0 N–H and O–H groups in total. The Hall–Kier alpha value is -1.31. The maximum absolute atomic E-state index is 11.9. The van der Waals surface area contributed by atoms with Crippen molar-refractivity contribution in [2.24, 2.45) is 5.41 Å². The Kier molecular flexibility index (Phi) is 2.51. The molecule has 18 heavy (non-hydrogen) atoms. The average molecular weight is 244 g/mol. The number of ketones is 1. The van der Waals surface area contributed by atoms with E-state index >= 15 is 0 Å². The number of carbonyl (C=O) groups excluding carboxylic acids is 1. The van der Waals surface area contributed by atoms with Crippen LogP contribution in [0.4, 0.5) is 0 Å². The lowest BCUT2D eigenvalue weighted by atomic mass is 9.69. The van der Waals surface area contributed by atoms with Gasteiger partial charge < -0.3 is 4.74 Å². The first-order chi connectivity index (χ1) is 8.54. The normalized spacial score (nSPS) is 31.7. The number of fused-ring (bicyclic) bond motifs is 2. The molecule has 1 heterocycles. The molecule has 0 amide bonds. The lowest BCUT2D eigenvalue weighted by Gasteiger charge is -2.33. The molecule has 3 rings (SSSR count). The Morgan fingerprint density at radius 3 is 2.83 bits per heavy atom. The molecule has 2 aliphatic carbocycles. The first-order valence-corrected chi connectivity index (χ1v) is 6.83. The SMILES string of the molecule is CC1=CC(=O)CC2(C)C(C)=C3CCCCOC3=C12. The molecule has 0 aromatic heterocycles. The molecule has 1 aliphatic heterocycles. The van der Waals surface area contributed by atoms with Crippen molar-refractivity contribution in [3.05, 3.63) is 34.1 Å². The minimum Gasteiger partial charge on any atom is -0.493 e. The smallest absolute Gasteiger partial charge is 0.157 e. The van der Waals surface area contributed by atoms with Crippen molar-refractivity contribution in [3.63, 3.8) is 0 Å². The van der Waals surface area contributed by atoms with E-state index in [9.17, 15) is 4.79 Å². The third kappa shape index (κ3) is 1.44. The summed E-state index contributed by atoms with van der Waals surface area (Å²) in [6, 6.07) is 0. The van der Waals surface area contributed by atoms with Crippen LogP contribution >= 0.6 is 0 Å². The van der Waals surface area contributed by atoms with Crippen LogP contribution in [0.1, 0.15) is 46.5 Å². The van der Waals surface area contributed by atoms with Crippen LogP contribution in [0.3, 0.4) is 0 Å². The molecule has 1 atom stereocenters. The number of ether oxygens (including phenoxy) is 1. The van der Waals surface area contributed by atoms with Gasteiger partial charge in [-0.3, -0.25) is 4.79 Å². The summed E-state index contributed by atoms with van der Waals surface area (Å²) in [5.41, 5.74) is 4.98. The summed E-state index contributed by atoms with van der Waals surface area (Å²) in [6.07, 6.45) is 5.81. The largest absolute Gasteiger partial charge is 0.493 e. The van der Waals surface area contributed by atoms with Gasteiger partial charge in [0, 0.05) is 17.4 Å². The zero-order chi connectivity index (χ0) is 12.9. The van der Waals surface area contributed by atoms with Gasteiger partial charge in [0.05, 0.1) is 6.61 Å². The zero-order valence-corrected chi connectivity index (χ0v) is 11.4. The minimum atomic E-state index is -0.113. The van der Waals surface area contributed by atoms with Crippen LogP contribution in [0.5, 0.6) is 0 Å². The van der Waals surface area contributed by atoms with E-state index in [1.165, 1.54) is 23.1 Å². The van der Waals surface area contributed by atoms with Crippen molar-refractivity contribution >= 4 is 5.78 Å². The number of allylic oxidation sites excluding steroid dienone is 5. The van der Waals surface area contributed by atoms with Crippen LogP contribution < -0.4 is 0 Å². The number of carbonyl (C=O) groups is 1. The second-order valence-electron chi connectivity index (χ2n) is 5.92. The van der Waals surface area contributed by atoms with Gasteiger partial charge in [0.25, 0.3) is 0 Å². The van der Waals surface area contributed by atoms with Crippen molar-refractivity contribution < 1.29 is 9.53 Å². The molecule has 1 fully saturated rings. The predicted molar refractivity (Wildman–Crippen MR) is 71.0 cm³/mol. The van der Waals surface area contributed by atoms with Gasteiger partial charge in [-0.05, 0) is 50.3 Å². The summed E-state index contributed by atoms with van der Waals surface area (Å²) in [5.74, 6) is 1.34. The van der Waals surface area contributed by atoms with Gasteiger partial charge in [-0.2, -0.15) is 0 Å². The van der Waals surface area contributed by atoms with E-state index in [0.717, 1.165) is 30.8 Å². The Morgan fingerprint density at radius 2 is 2.06 bits per heavy atom. The zero-order valence-electron chi connectivity index (χ0n) is 11.4. The molecule has 0 saturated carbocycles. The summed E-state index contributed by atoms with van der Waals surface area (Å²) in [6.45, 7) is 7.24. The molecule has 2 nitrogen and oxygen atoms in total. The van der Waals surface area contributed by atoms with Gasteiger partial charge in [-0.15, -0.1) is 0 Å². The lowest BCUT2D eigenvalue weighted by molar-refractivity contribution is -0.116. The summed E-state index contributed by atoms with van der Waals surface area (Å²) in [5, 5.41) is 0. The molecule has 0 aromatic rings. The van der Waals surface area contributed by atoms with Gasteiger partial charge in [0.15, 0.2) is 5.78 Å². The quantitative estimate of drug-likeness (QED) is 0.649. The molecule has 0 bridgehead atoms. The first kappa shape index (κ1) is 11.8. The second-order valence-corrected chi connectivity index (χ2v) is 5.92. The second kappa shape index (κ2) is 3.84. The highest BCUT2D eigenvalue weighted by Crippen LogP contribution is 2.55. The van der Waals surface area contributed by atoms with Crippen LogP contribution in [0.2, 0.25) is 0 Å². The maximum Gasteiger partial charge on any atom is 0.157 e. The molecule has 0 spiro atoms. The molecule has 96 valence electrons. The Bertz CT molecular complexity index is 519. The average Bonchev–Trinajstić information content (AvgIpc) is 2.46. The summed E-state index contributed by atoms with van der Waals surface area (Å²) in [7, 11) is 0. The number of hydrogen-bond acceptors (Lipinski definition) is 2. The number of hydrogen-bond donors (Lipinski definition) is 0. The van der Waals surface area contributed by atoms with E-state index in [1.807, 2.05) is 6.92 Å². The van der Waals surface area contributed by atoms with Crippen molar-refractivity contribution in [2.45, 2.75) is 46.5 Å². The summed E-state index contributed by atoms with van der Waals surface area (Å²) >= 11 is 0. The molecule has 0 aromatic carbocycles. The fourth-order valence-corrected chi connectivity index (χ4v) is 3.68. The highest BCUT2D eigenvalue weighted by Gasteiger charge is 2.46. The van der Waals surface area contributed by atoms with Gasteiger partial charge in [-0.25, -0.2) is 0 Å². The summed E-state index contributed by atoms with van der Waals surface area (Å²) in [4.78, 5) is 11.9. The Labute approximate surface area is 108 Å². The molecule has 3 aliphatic rings. The molecule has 1 unspecified atom stereocenters. The van der Waals surface area contributed by atoms with E-state index in [0.29, 0.717) is 6.42 Å². The van der Waals surface area contributed by atoms with Gasteiger partial charge in [0.1, 0.15) is 5.76 Å². The third-order valence-electron chi connectivity index (χ3n) is 4.70. The third-order valence-corrected chi connectivity index (χ3v) is 4.70. The van der Waals surface area contributed by atoms with Crippen molar-refractivity contribution in [1.82, 2.24) is 0 Å². The van der Waals surface area contributed by atoms with E-state index in [4.69, 9.17) is 4.74 Å². The van der Waals surface area contributed by atoms with E-state index in [2.05, 4.69) is 13.8 Å². The van der Waals surface area contributed by atoms with Gasteiger partial charge in [0.2, 0.25) is 0 Å². The maximum atomic E-state index is 11.9. The van der Waals surface area contributed by atoms with E-state index in [-0.39, 0.29) is 11.2 Å². The first-order valence-electron chi connectivity index (χ1n) is 6.83. The fourth-order valence-electron chi connectivity index (χ4n) is 3.68. The minimum absolute atomic E-state index is 0.113. The monoisotopic (exact) mass is 244 g/mol. The van der Waals surface area contributed by atoms with Gasteiger partial charge in [-0.1, -0.05) is 12.5 Å². The van der Waals surface area contributed by atoms with Crippen LogP contribution in [-0.4, -0.2) is 12.4 Å². The molecule has 0 radical (unpaired) electrons. The highest BCUT2D eigenvalue weighted by atomic mass is 16.5. The highest BCUT2D eigenvalue weighted by molar-refractivity contribution is 5.95. The Morgan fingerprint density at radius 1 is 1.28 bits per heavy atom.